The number of H-pyrrole nitrogens is 1. The predicted molar refractivity (Wildman–Crippen MR) is 72.5 cm³/mol. The molecule has 0 bridgehead atoms. The Hall–Kier alpha value is -1.08. The molecule has 0 saturated carbocycles. The summed E-state index contributed by atoms with van der Waals surface area (Å²) >= 11 is 5.79. The van der Waals surface area contributed by atoms with Gasteiger partial charge in [0.2, 0.25) is 0 Å². The van der Waals surface area contributed by atoms with Gasteiger partial charge >= 0.3 is 5.69 Å². The van der Waals surface area contributed by atoms with Gasteiger partial charge in [-0.1, -0.05) is 18.5 Å². The molecular formula is C11H15ClN2O4S. The summed E-state index contributed by atoms with van der Waals surface area (Å²) in [6.45, 7) is 1.65. The van der Waals surface area contributed by atoms with Crippen molar-refractivity contribution >= 4 is 21.4 Å². The number of hydrogen-bond acceptors (Lipinski definition) is 4. The molecule has 0 amide bonds. The van der Waals surface area contributed by atoms with Crippen LogP contribution in [-0.4, -0.2) is 29.0 Å². The van der Waals surface area contributed by atoms with Crippen LogP contribution in [0, 0.1) is 0 Å². The lowest BCUT2D eigenvalue weighted by molar-refractivity contribution is 0.546. The minimum absolute atomic E-state index is 0.0306. The van der Waals surface area contributed by atoms with Crippen LogP contribution in [0.4, 0.5) is 0 Å². The van der Waals surface area contributed by atoms with Crippen LogP contribution in [0.2, 0.25) is 5.15 Å². The van der Waals surface area contributed by atoms with Crippen molar-refractivity contribution in [1.29, 1.82) is 0 Å². The van der Waals surface area contributed by atoms with Crippen LogP contribution in [0.1, 0.15) is 25.3 Å². The maximum Gasteiger partial charge on any atom is 0.329 e. The van der Waals surface area contributed by atoms with Crippen LogP contribution in [-0.2, 0) is 22.8 Å². The van der Waals surface area contributed by atoms with Gasteiger partial charge in [0.25, 0.3) is 5.56 Å². The van der Waals surface area contributed by atoms with Crippen LogP contribution < -0.4 is 11.2 Å². The first-order valence-electron chi connectivity index (χ1n) is 6.10. The molecule has 1 atom stereocenters. The molecule has 2 rings (SSSR count). The SMILES string of the molecule is CCc1c(Cl)[nH]c(=O)n(CC2CCCS2(=O)=O)c1=O. The third kappa shape index (κ3) is 2.62. The molecule has 0 aromatic carbocycles. The quantitative estimate of drug-likeness (QED) is 0.815. The molecule has 106 valence electrons. The van der Waals surface area contributed by atoms with Gasteiger partial charge in [-0.2, -0.15) is 0 Å². The second-order valence-corrected chi connectivity index (χ2v) is 7.40. The van der Waals surface area contributed by atoms with Crippen molar-refractivity contribution in [2.75, 3.05) is 5.75 Å². The average Bonchev–Trinajstić information content (AvgIpc) is 2.64. The number of sulfone groups is 1. The molecular weight excluding hydrogens is 292 g/mol. The van der Waals surface area contributed by atoms with Crippen molar-refractivity contribution in [2.24, 2.45) is 0 Å². The summed E-state index contributed by atoms with van der Waals surface area (Å²) in [5.41, 5.74) is -0.857. The second-order valence-electron chi connectivity index (χ2n) is 4.62. The molecule has 2 heterocycles. The van der Waals surface area contributed by atoms with E-state index in [1.54, 1.807) is 6.92 Å². The van der Waals surface area contributed by atoms with Gasteiger partial charge in [0.05, 0.1) is 16.6 Å². The lowest BCUT2D eigenvalue weighted by atomic mass is 10.2. The predicted octanol–water partition coefficient (Wildman–Crippen LogP) is 0.330. The smallest absolute Gasteiger partial charge is 0.297 e. The Bertz CT molecular complexity index is 704. The number of aromatic nitrogens is 2. The van der Waals surface area contributed by atoms with Crippen LogP contribution in [0.5, 0.6) is 0 Å². The fraction of sp³-hybridized carbons (Fsp3) is 0.636. The summed E-state index contributed by atoms with van der Waals surface area (Å²) in [6, 6.07) is 0. The lowest BCUT2D eigenvalue weighted by Gasteiger charge is -2.12. The number of nitrogens with one attached hydrogen (secondary N) is 1. The van der Waals surface area contributed by atoms with Gasteiger partial charge in [0, 0.05) is 6.54 Å². The highest BCUT2D eigenvalue weighted by Gasteiger charge is 2.32. The Labute approximate surface area is 115 Å². The molecule has 1 aliphatic heterocycles. The first-order valence-corrected chi connectivity index (χ1v) is 8.19. The zero-order chi connectivity index (χ0) is 14.2. The molecule has 8 heteroatoms. The number of nitrogens with zero attached hydrogens (tertiary/aromatic N) is 1. The van der Waals surface area contributed by atoms with E-state index in [2.05, 4.69) is 4.98 Å². The summed E-state index contributed by atoms with van der Waals surface area (Å²) in [4.78, 5) is 26.2. The van der Waals surface area contributed by atoms with Gasteiger partial charge in [-0.05, 0) is 19.3 Å². The Morgan fingerprint density at radius 2 is 2.11 bits per heavy atom. The monoisotopic (exact) mass is 306 g/mol. The topological polar surface area (TPSA) is 89.0 Å². The summed E-state index contributed by atoms with van der Waals surface area (Å²) in [5.74, 6) is 0.124. The fourth-order valence-corrected chi connectivity index (χ4v) is 4.42. The van der Waals surface area contributed by atoms with Crippen molar-refractivity contribution in [1.82, 2.24) is 9.55 Å². The van der Waals surface area contributed by atoms with Gasteiger partial charge < -0.3 is 0 Å². The molecule has 1 saturated heterocycles. The van der Waals surface area contributed by atoms with E-state index in [9.17, 15) is 18.0 Å². The normalized spacial score (nSPS) is 21.7. The number of hydrogen-bond donors (Lipinski definition) is 1. The minimum atomic E-state index is -3.19. The van der Waals surface area contributed by atoms with Gasteiger partial charge in [0.15, 0.2) is 9.84 Å². The van der Waals surface area contributed by atoms with Gasteiger partial charge in [-0.15, -0.1) is 0 Å². The maximum atomic E-state index is 12.1. The molecule has 1 unspecified atom stereocenters. The van der Waals surface area contributed by atoms with Crippen molar-refractivity contribution in [3.8, 4) is 0 Å². The van der Waals surface area contributed by atoms with Crippen molar-refractivity contribution in [3.63, 3.8) is 0 Å². The molecule has 0 aliphatic carbocycles. The molecule has 1 aromatic rings. The summed E-state index contributed by atoms with van der Waals surface area (Å²) in [5, 5.41) is -0.625. The largest absolute Gasteiger partial charge is 0.329 e. The molecule has 1 aromatic heterocycles. The maximum absolute atomic E-state index is 12.1. The minimum Gasteiger partial charge on any atom is -0.297 e. The first kappa shape index (κ1) is 14.3. The molecule has 19 heavy (non-hydrogen) atoms. The summed E-state index contributed by atoms with van der Waals surface area (Å²) in [7, 11) is -3.19. The fourth-order valence-electron chi connectivity index (χ4n) is 2.32. The number of aromatic amines is 1. The van der Waals surface area contributed by atoms with E-state index in [1.807, 2.05) is 0 Å². The molecule has 6 nitrogen and oxygen atoms in total. The van der Waals surface area contributed by atoms with E-state index in [1.165, 1.54) is 0 Å². The van der Waals surface area contributed by atoms with E-state index >= 15 is 0 Å². The van der Waals surface area contributed by atoms with Crippen LogP contribution in [0.3, 0.4) is 0 Å². The molecule has 0 radical (unpaired) electrons. The lowest BCUT2D eigenvalue weighted by Crippen LogP contribution is -2.41. The molecule has 1 N–H and O–H groups in total. The Morgan fingerprint density at radius 3 is 2.63 bits per heavy atom. The summed E-state index contributed by atoms with van der Waals surface area (Å²) < 4.78 is 24.5. The van der Waals surface area contributed by atoms with Crippen LogP contribution in [0.25, 0.3) is 0 Å². The highest BCUT2D eigenvalue weighted by molar-refractivity contribution is 7.92. The van der Waals surface area contributed by atoms with E-state index in [0.29, 0.717) is 24.8 Å². The van der Waals surface area contributed by atoms with Gasteiger partial charge in [0.1, 0.15) is 5.15 Å². The average molecular weight is 307 g/mol. The highest BCUT2D eigenvalue weighted by Crippen LogP contribution is 2.20. The molecule has 0 spiro atoms. The Balaban J connectivity index is 2.47. The van der Waals surface area contributed by atoms with Crippen LogP contribution in [0.15, 0.2) is 9.59 Å². The Kier molecular flexibility index (Phi) is 3.87. The number of rotatable bonds is 3. The van der Waals surface area contributed by atoms with Gasteiger partial charge in [-0.3, -0.25) is 14.3 Å². The van der Waals surface area contributed by atoms with E-state index in [4.69, 9.17) is 11.6 Å². The summed E-state index contributed by atoms with van der Waals surface area (Å²) in [6.07, 6.45) is 1.44. The van der Waals surface area contributed by atoms with Crippen molar-refractivity contribution < 1.29 is 8.42 Å². The van der Waals surface area contributed by atoms with Crippen molar-refractivity contribution in [3.05, 3.63) is 31.6 Å². The Morgan fingerprint density at radius 1 is 1.42 bits per heavy atom. The third-order valence-corrected chi connectivity index (χ3v) is 6.01. The van der Waals surface area contributed by atoms with E-state index in [0.717, 1.165) is 4.57 Å². The molecule has 1 fully saturated rings. The standard InChI is InChI=1S/C11H15ClN2O4S/c1-2-8-9(12)13-11(16)14(10(8)15)6-7-4-3-5-19(7,17)18/h7H,2-6H2,1H3,(H,13,16). The number of halogens is 1. The highest BCUT2D eigenvalue weighted by atomic mass is 35.5. The van der Waals surface area contributed by atoms with Crippen molar-refractivity contribution in [2.45, 2.75) is 38.0 Å². The van der Waals surface area contributed by atoms with E-state index in [-0.39, 0.29) is 17.5 Å². The first-order chi connectivity index (χ1) is 8.86. The zero-order valence-electron chi connectivity index (χ0n) is 10.5. The van der Waals surface area contributed by atoms with Gasteiger partial charge in [-0.25, -0.2) is 13.2 Å². The van der Waals surface area contributed by atoms with E-state index < -0.39 is 26.3 Å². The zero-order valence-corrected chi connectivity index (χ0v) is 12.1. The second kappa shape index (κ2) is 5.13. The van der Waals surface area contributed by atoms with Crippen LogP contribution >= 0.6 is 11.6 Å². The molecule has 1 aliphatic rings. The third-order valence-electron chi connectivity index (χ3n) is 3.43.